The molecular formula is C12H17ClFNO. The summed E-state index contributed by atoms with van der Waals surface area (Å²) in [6.45, 7) is 3.75. The van der Waals surface area contributed by atoms with Gasteiger partial charge in [0, 0.05) is 13.2 Å². The molecule has 0 saturated carbocycles. The predicted molar refractivity (Wildman–Crippen MR) is 64.2 cm³/mol. The molecular weight excluding hydrogens is 229 g/mol. The summed E-state index contributed by atoms with van der Waals surface area (Å²) in [5.74, 6) is -0.397. The van der Waals surface area contributed by atoms with Crippen LogP contribution in [-0.2, 0) is 11.2 Å². The van der Waals surface area contributed by atoms with Crippen LogP contribution in [0.25, 0.3) is 0 Å². The molecule has 90 valence electrons. The van der Waals surface area contributed by atoms with Crippen molar-refractivity contribution in [1.82, 2.24) is 0 Å². The highest BCUT2D eigenvalue weighted by molar-refractivity contribution is 6.30. The van der Waals surface area contributed by atoms with Crippen molar-refractivity contribution in [2.45, 2.75) is 31.9 Å². The Labute approximate surface area is 101 Å². The van der Waals surface area contributed by atoms with E-state index in [0.29, 0.717) is 12.0 Å². The monoisotopic (exact) mass is 245 g/mol. The number of halogens is 2. The van der Waals surface area contributed by atoms with E-state index in [1.165, 1.54) is 6.07 Å². The van der Waals surface area contributed by atoms with E-state index < -0.39 is 11.4 Å². The van der Waals surface area contributed by atoms with Crippen LogP contribution in [-0.4, -0.2) is 18.8 Å². The first-order valence-electron chi connectivity index (χ1n) is 5.12. The third-order valence-corrected chi connectivity index (χ3v) is 3.18. The van der Waals surface area contributed by atoms with Crippen molar-refractivity contribution in [1.29, 1.82) is 0 Å². The SMILES string of the molecule is COC(C)(C)C(N)Cc1cccc(Cl)c1F. The summed E-state index contributed by atoms with van der Waals surface area (Å²) in [5, 5.41) is 0.125. The van der Waals surface area contributed by atoms with Gasteiger partial charge in [-0.15, -0.1) is 0 Å². The molecule has 0 aliphatic carbocycles. The van der Waals surface area contributed by atoms with E-state index in [2.05, 4.69) is 0 Å². The second-order valence-corrected chi connectivity index (χ2v) is 4.74. The number of methoxy groups -OCH3 is 1. The van der Waals surface area contributed by atoms with Crippen LogP contribution in [0.4, 0.5) is 4.39 Å². The Bertz CT molecular complexity index is 368. The smallest absolute Gasteiger partial charge is 0.145 e. The summed E-state index contributed by atoms with van der Waals surface area (Å²) in [7, 11) is 1.59. The highest BCUT2D eigenvalue weighted by Crippen LogP contribution is 2.22. The summed E-state index contributed by atoms with van der Waals surface area (Å²) in [6, 6.07) is 4.64. The molecule has 2 nitrogen and oxygen atoms in total. The van der Waals surface area contributed by atoms with Gasteiger partial charge in [-0.05, 0) is 31.9 Å². The molecule has 0 bridgehead atoms. The highest BCUT2D eigenvalue weighted by atomic mass is 35.5. The van der Waals surface area contributed by atoms with Crippen molar-refractivity contribution in [2.75, 3.05) is 7.11 Å². The van der Waals surface area contributed by atoms with Gasteiger partial charge in [-0.2, -0.15) is 0 Å². The topological polar surface area (TPSA) is 35.2 Å². The Morgan fingerprint density at radius 2 is 2.12 bits per heavy atom. The van der Waals surface area contributed by atoms with Gasteiger partial charge in [-0.25, -0.2) is 4.39 Å². The molecule has 0 amide bonds. The average Bonchev–Trinajstić information content (AvgIpc) is 2.24. The summed E-state index contributed by atoms with van der Waals surface area (Å²) in [4.78, 5) is 0. The van der Waals surface area contributed by atoms with Crippen LogP contribution >= 0.6 is 11.6 Å². The van der Waals surface area contributed by atoms with E-state index in [1.54, 1.807) is 19.2 Å². The van der Waals surface area contributed by atoms with E-state index in [1.807, 2.05) is 13.8 Å². The minimum absolute atomic E-state index is 0.125. The summed E-state index contributed by atoms with van der Waals surface area (Å²) >= 11 is 5.70. The van der Waals surface area contributed by atoms with Crippen molar-refractivity contribution in [3.8, 4) is 0 Å². The molecule has 2 N–H and O–H groups in total. The Balaban J connectivity index is 2.85. The standard InChI is InChI=1S/C12H17ClFNO/c1-12(2,16-3)10(15)7-8-5-4-6-9(13)11(8)14/h4-6,10H,7,15H2,1-3H3. The van der Waals surface area contributed by atoms with Crippen molar-refractivity contribution in [2.24, 2.45) is 5.73 Å². The molecule has 0 aliphatic heterocycles. The Kier molecular flexibility index (Phi) is 4.30. The van der Waals surface area contributed by atoms with Crippen molar-refractivity contribution in [3.63, 3.8) is 0 Å². The Morgan fingerprint density at radius 1 is 1.50 bits per heavy atom. The van der Waals surface area contributed by atoms with Gasteiger partial charge in [-0.3, -0.25) is 0 Å². The maximum absolute atomic E-state index is 13.6. The Morgan fingerprint density at radius 3 is 2.69 bits per heavy atom. The van der Waals surface area contributed by atoms with Crippen LogP contribution in [0.1, 0.15) is 19.4 Å². The maximum atomic E-state index is 13.6. The van der Waals surface area contributed by atoms with Gasteiger partial charge in [0.15, 0.2) is 0 Å². The minimum Gasteiger partial charge on any atom is -0.377 e. The first-order valence-corrected chi connectivity index (χ1v) is 5.50. The molecule has 1 aromatic carbocycles. The molecule has 0 radical (unpaired) electrons. The van der Waals surface area contributed by atoms with Gasteiger partial charge >= 0.3 is 0 Å². The first kappa shape index (κ1) is 13.4. The lowest BCUT2D eigenvalue weighted by molar-refractivity contribution is 0.000638. The van der Waals surface area contributed by atoms with Gasteiger partial charge in [0.1, 0.15) is 5.82 Å². The van der Waals surface area contributed by atoms with E-state index in [9.17, 15) is 4.39 Å². The number of ether oxygens (including phenoxy) is 1. The number of hydrogen-bond acceptors (Lipinski definition) is 2. The minimum atomic E-state index is -0.491. The second-order valence-electron chi connectivity index (χ2n) is 4.33. The summed E-state index contributed by atoms with van der Waals surface area (Å²) < 4.78 is 18.9. The van der Waals surface area contributed by atoms with E-state index in [-0.39, 0.29) is 11.1 Å². The molecule has 1 atom stereocenters. The largest absolute Gasteiger partial charge is 0.377 e. The van der Waals surface area contributed by atoms with Crippen LogP contribution in [0.2, 0.25) is 5.02 Å². The molecule has 1 aromatic rings. The third kappa shape index (κ3) is 2.94. The summed E-state index contributed by atoms with van der Waals surface area (Å²) in [6.07, 6.45) is 0.396. The number of hydrogen-bond donors (Lipinski definition) is 1. The zero-order chi connectivity index (χ0) is 12.3. The molecule has 16 heavy (non-hydrogen) atoms. The lowest BCUT2D eigenvalue weighted by Gasteiger charge is -2.30. The van der Waals surface area contributed by atoms with Crippen LogP contribution in [0.15, 0.2) is 18.2 Å². The van der Waals surface area contributed by atoms with Crippen molar-refractivity contribution < 1.29 is 9.13 Å². The number of nitrogens with two attached hydrogens (primary N) is 1. The van der Waals surface area contributed by atoms with Gasteiger partial charge in [0.25, 0.3) is 0 Å². The highest BCUT2D eigenvalue weighted by Gasteiger charge is 2.26. The molecule has 1 unspecified atom stereocenters. The molecule has 1 rings (SSSR count). The van der Waals surface area contributed by atoms with Gasteiger partial charge in [0.05, 0.1) is 10.6 Å². The predicted octanol–water partition coefficient (Wildman–Crippen LogP) is 2.77. The van der Waals surface area contributed by atoms with E-state index in [0.717, 1.165) is 0 Å². The quantitative estimate of drug-likeness (QED) is 0.885. The van der Waals surface area contributed by atoms with Crippen LogP contribution in [0, 0.1) is 5.82 Å². The Hall–Kier alpha value is -0.640. The molecule has 0 aliphatic rings. The van der Waals surface area contributed by atoms with Crippen LogP contribution in [0.3, 0.4) is 0 Å². The first-order chi connectivity index (χ1) is 7.38. The third-order valence-electron chi connectivity index (χ3n) is 2.89. The fourth-order valence-electron chi connectivity index (χ4n) is 1.34. The average molecular weight is 246 g/mol. The molecule has 0 spiro atoms. The van der Waals surface area contributed by atoms with Crippen molar-refractivity contribution >= 4 is 11.6 Å². The van der Waals surface area contributed by atoms with Crippen LogP contribution in [0.5, 0.6) is 0 Å². The van der Waals surface area contributed by atoms with Gasteiger partial charge in [0.2, 0.25) is 0 Å². The molecule has 0 saturated heterocycles. The maximum Gasteiger partial charge on any atom is 0.145 e. The summed E-state index contributed by atoms with van der Waals surface area (Å²) in [5.41, 5.74) is 6.01. The number of rotatable bonds is 4. The molecule has 0 fully saturated rings. The molecule has 4 heteroatoms. The van der Waals surface area contributed by atoms with Crippen molar-refractivity contribution in [3.05, 3.63) is 34.6 Å². The zero-order valence-corrected chi connectivity index (χ0v) is 10.5. The van der Waals surface area contributed by atoms with Gasteiger partial charge < -0.3 is 10.5 Å². The van der Waals surface area contributed by atoms with Crippen LogP contribution < -0.4 is 5.73 Å². The lowest BCUT2D eigenvalue weighted by atomic mass is 9.93. The molecule has 0 aromatic heterocycles. The number of benzene rings is 1. The second kappa shape index (κ2) is 5.13. The fourth-order valence-corrected chi connectivity index (χ4v) is 1.53. The van der Waals surface area contributed by atoms with Gasteiger partial charge in [-0.1, -0.05) is 23.7 Å². The fraction of sp³-hybridized carbons (Fsp3) is 0.500. The zero-order valence-electron chi connectivity index (χ0n) is 9.76. The normalized spacial score (nSPS) is 13.9. The van der Waals surface area contributed by atoms with E-state index >= 15 is 0 Å². The molecule has 0 heterocycles. The lowest BCUT2D eigenvalue weighted by Crippen LogP contribution is -2.46. The van der Waals surface area contributed by atoms with E-state index in [4.69, 9.17) is 22.1 Å².